The van der Waals surface area contributed by atoms with Crippen molar-refractivity contribution in [1.29, 1.82) is 0 Å². The van der Waals surface area contributed by atoms with Gasteiger partial charge in [0.2, 0.25) is 5.91 Å². The molecule has 0 fully saturated rings. The lowest BCUT2D eigenvalue weighted by Gasteiger charge is -2.11. The first-order valence-corrected chi connectivity index (χ1v) is 9.80. The standard InChI is InChI=1S/C18H17Cl2N3O2S/c1-2-15-22-17-16(18(25)23(15)7-3-4-14(21)24)11(9-26-17)10-5-6-12(19)13(20)8-10/h5-6,8-9H,2-4,7H2,1H3,(H2,21,24). The van der Waals surface area contributed by atoms with E-state index in [1.807, 2.05) is 18.4 Å². The molecule has 0 spiro atoms. The Kier molecular flexibility index (Phi) is 5.65. The van der Waals surface area contributed by atoms with Crippen molar-refractivity contribution < 1.29 is 4.79 Å². The lowest BCUT2D eigenvalue weighted by Crippen LogP contribution is -2.25. The fourth-order valence-corrected chi connectivity index (χ4v) is 4.11. The summed E-state index contributed by atoms with van der Waals surface area (Å²) in [4.78, 5) is 29.5. The van der Waals surface area contributed by atoms with Crippen molar-refractivity contribution in [3.05, 3.63) is 49.8 Å². The molecule has 0 atom stereocenters. The van der Waals surface area contributed by atoms with E-state index < -0.39 is 0 Å². The zero-order chi connectivity index (χ0) is 18.8. The highest BCUT2D eigenvalue weighted by atomic mass is 35.5. The summed E-state index contributed by atoms with van der Waals surface area (Å²) in [6, 6.07) is 5.29. The van der Waals surface area contributed by atoms with E-state index in [0.717, 1.165) is 11.1 Å². The van der Waals surface area contributed by atoms with E-state index in [4.69, 9.17) is 28.9 Å². The van der Waals surface area contributed by atoms with E-state index in [1.165, 1.54) is 11.3 Å². The first kappa shape index (κ1) is 18.9. The van der Waals surface area contributed by atoms with Gasteiger partial charge >= 0.3 is 0 Å². The Labute approximate surface area is 164 Å². The van der Waals surface area contributed by atoms with Crippen LogP contribution in [-0.2, 0) is 17.8 Å². The second kappa shape index (κ2) is 7.78. The second-order valence-corrected chi connectivity index (χ2v) is 7.54. The number of amides is 1. The van der Waals surface area contributed by atoms with Crippen LogP contribution < -0.4 is 11.3 Å². The van der Waals surface area contributed by atoms with Gasteiger partial charge in [-0.1, -0.05) is 36.2 Å². The molecule has 0 saturated carbocycles. The van der Waals surface area contributed by atoms with Gasteiger partial charge in [0.05, 0.1) is 15.4 Å². The molecule has 2 heterocycles. The Morgan fingerprint density at radius 3 is 2.73 bits per heavy atom. The van der Waals surface area contributed by atoms with Crippen molar-refractivity contribution in [2.24, 2.45) is 5.73 Å². The van der Waals surface area contributed by atoms with Crippen molar-refractivity contribution in [2.45, 2.75) is 32.7 Å². The van der Waals surface area contributed by atoms with Crippen molar-refractivity contribution >= 4 is 50.7 Å². The predicted octanol–water partition coefficient (Wildman–Crippen LogP) is 4.26. The zero-order valence-corrected chi connectivity index (χ0v) is 16.4. The molecule has 0 aliphatic carbocycles. The van der Waals surface area contributed by atoms with Crippen LogP contribution in [-0.4, -0.2) is 15.5 Å². The molecule has 0 unspecified atom stereocenters. The summed E-state index contributed by atoms with van der Waals surface area (Å²) in [5, 5.41) is 3.37. The Bertz CT molecular complexity index is 1040. The third-order valence-electron chi connectivity index (χ3n) is 4.12. The van der Waals surface area contributed by atoms with Gasteiger partial charge in [-0.25, -0.2) is 4.98 Å². The Morgan fingerprint density at radius 2 is 2.08 bits per heavy atom. The van der Waals surface area contributed by atoms with Crippen LogP contribution in [0.2, 0.25) is 10.0 Å². The molecule has 0 bridgehead atoms. The number of carbonyl (C=O) groups is 1. The molecule has 0 radical (unpaired) electrons. The van der Waals surface area contributed by atoms with Crippen LogP contribution in [0.3, 0.4) is 0 Å². The molecule has 0 saturated heterocycles. The van der Waals surface area contributed by atoms with E-state index in [9.17, 15) is 9.59 Å². The van der Waals surface area contributed by atoms with Crippen molar-refractivity contribution in [1.82, 2.24) is 9.55 Å². The smallest absolute Gasteiger partial charge is 0.262 e. The van der Waals surface area contributed by atoms with Crippen LogP contribution in [0, 0.1) is 0 Å². The first-order valence-electron chi connectivity index (χ1n) is 8.17. The molecule has 0 aliphatic rings. The third-order valence-corrected chi connectivity index (χ3v) is 5.74. The van der Waals surface area contributed by atoms with Crippen LogP contribution >= 0.6 is 34.5 Å². The molecule has 3 rings (SSSR count). The molecule has 2 N–H and O–H groups in total. The predicted molar refractivity (Wildman–Crippen MR) is 107 cm³/mol. The summed E-state index contributed by atoms with van der Waals surface area (Å²) in [5.41, 5.74) is 6.69. The van der Waals surface area contributed by atoms with E-state index >= 15 is 0 Å². The molecule has 26 heavy (non-hydrogen) atoms. The van der Waals surface area contributed by atoms with Crippen LogP contribution in [0.15, 0.2) is 28.4 Å². The number of thiophene rings is 1. The van der Waals surface area contributed by atoms with Gasteiger partial charge in [0.1, 0.15) is 10.7 Å². The number of fused-ring (bicyclic) bond motifs is 1. The molecule has 136 valence electrons. The van der Waals surface area contributed by atoms with Gasteiger partial charge in [-0.3, -0.25) is 14.2 Å². The number of aryl methyl sites for hydroxylation is 1. The summed E-state index contributed by atoms with van der Waals surface area (Å²) in [5.74, 6) is 0.326. The van der Waals surface area contributed by atoms with Crippen LogP contribution in [0.5, 0.6) is 0 Å². The van der Waals surface area contributed by atoms with Gasteiger partial charge in [0.25, 0.3) is 5.56 Å². The maximum atomic E-state index is 13.1. The number of hydrogen-bond donors (Lipinski definition) is 1. The minimum atomic E-state index is -0.378. The number of hydrogen-bond acceptors (Lipinski definition) is 4. The molecule has 1 aromatic carbocycles. The fraction of sp³-hybridized carbons (Fsp3) is 0.278. The summed E-state index contributed by atoms with van der Waals surface area (Å²) in [6.07, 6.45) is 1.36. The number of aromatic nitrogens is 2. The maximum absolute atomic E-state index is 13.1. The van der Waals surface area contributed by atoms with Crippen molar-refractivity contribution in [3.63, 3.8) is 0 Å². The average Bonchev–Trinajstić information content (AvgIpc) is 3.03. The molecular formula is C18H17Cl2N3O2S. The first-order chi connectivity index (χ1) is 12.4. The second-order valence-electron chi connectivity index (χ2n) is 5.87. The Balaban J connectivity index is 2.14. The largest absolute Gasteiger partial charge is 0.370 e. The maximum Gasteiger partial charge on any atom is 0.262 e. The number of primary amides is 1. The topological polar surface area (TPSA) is 78.0 Å². The summed E-state index contributed by atoms with van der Waals surface area (Å²) in [7, 11) is 0. The lowest BCUT2D eigenvalue weighted by atomic mass is 10.1. The van der Waals surface area contributed by atoms with Gasteiger partial charge in [-0.15, -0.1) is 11.3 Å². The van der Waals surface area contributed by atoms with Crippen LogP contribution in [0.25, 0.3) is 21.3 Å². The quantitative estimate of drug-likeness (QED) is 0.660. The highest BCUT2D eigenvalue weighted by Gasteiger charge is 2.17. The van der Waals surface area contributed by atoms with E-state index in [1.54, 1.807) is 16.7 Å². The molecule has 0 aliphatic heterocycles. The normalized spacial score (nSPS) is 11.2. The van der Waals surface area contributed by atoms with Gasteiger partial charge in [0, 0.05) is 30.3 Å². The molecule has 5 nitrogen and oxygen atoms in total. The lowest BCUT2D eigenvalue weighted by molar-refractivity contribution is -0.118. The Morgan fingerprint density at radius 1 is 1.31 bits per heavy atom. The molecule has 8 heteroatoms. The third kappa shape index (κ3) is 3.63. The number of nitrogens with zero attached hydrogens (tertiary/aromatic N) is 2. The minimum absolute atomic E-state index is 0.112. The number of benzene rings is 1. The number of carbonyl (C=O) groups excluding carboxylic acids is 1. The number of halogens is 2. The molecule has 3 aromatic rings. The summed E-state index contributed by atoms with van der Waals surface area (Å²) < 4.78 is 1.64. The van der Waals surface area contributed by atoms with Crippen LogP contribution in [0.1, 0.15) is 25.6 Å². The molecule has 2 aromatic heterocycles. The monoisotopic (exact) mass is 409 g/mol. The van der Waals surface area contributed by atoms with Gasteiger partial charge < -0.3 is 5.73 Å². The average molecular weight is 410 g/mol. The van der Waals surface area contributed by atoms with Gasteiger partial charge in [0.15, 0.2) is 0 Å². The zero-order valence-electron chi connectivity index (χ0n) is 14.1. The van der Waals surface area contributed by atoms with E-state index in [0.29, 0.717) is 45.5 Å². The summed E-state index contributed by atoms with van der Waals surface area (Å²) >= 11 is 13.5. The number of nitrogens with two attached hydrogens (primary N) is 1. The van der Waals surface area contributed by atoms with E-state index in [2.05, 4.69) is 4.98 Å². The fourth-order valence-electron chi connectivity index (χ4n) is 2.85. The highest BCUT2D eigenvalue weighted by Crippen LogP contribution is 2.34. The van der Waals surface area contributed by atoms with Gasteiger partial charge in [-0.2, -0.15) is 0 Å². The minimum Gasteiger partial charge on any atom is -0.370 e. The van der Waals surface area contributed by atoms with Gasteiger partial charge in [-0.05, 0) is 24.1 Å². The van der Waals surface area contributed by atoms with Crippen molar-refractivity contribution in [3.8, 4) is 11.1 Å². The van der Waals surface area contributed by atoms with Crippen LogP contribution in [0.4, 0.5) is 0 Å². The molecule has 1 amide bonds. The highest BCUT2D eigenvalue weighted by molar-refractivity contribution is 7.17. The van der Waals surface area contributed by atoms with E-state index in [-0.39, 0.29) is 17.9 Å². The summed E-state index contributed by atoms with van der Waals surface area (Å²) in [6.45, 7) is 2.36. The Hall–Kier alpha value is -1.89. The number of rotatable bonds is 6. The SMILES string of the molecule is CCc1nc2scc(-c3ccc(Cl)c(Cl)c3)c2c(=O)n1CCCC(N)=O. The van der Waals surface area contributed by atoms with Crippen molar-refractivity contribution in [2.75, 3.05) is 0 Å². The molecular weight excluding hydrogens is 393 g/mol.